The minimum atomic E-state index is -0.887. The van der Waals surface area contributed by atoms with Crippen LogP contribution in [0.3, 0.4) is 0 Å². The molecule has 9 heteroatoms. The summed E-state index contributed by atoms with van der Waals surface area (Å²) in [6.45, 7) is 0.598. The molecule has 0 amide bonds. The number of nitrogens with zero attached hydrogens (tertiary/aromatic N) is 6. The third-order valence-electron chi connectivity index (χ3n) is 2.19. The highest BCUT2D eigenvalue weighted by Gasteiger charge is 2.09. The molecule has 0 saturated heterocycles. The SMILES string of the molecule is Cn1cc(CCn2nnnc2SCC(=O)O)cn1. The molecule has 8 nitrogen and oxygen atoms in total. The van der Waals surface area contributed by atoms with Crippen LogP contribution in [0.1, 0.15) is 5.56 Å². The summed E-state index contributed by atoms with van der Waals surface area (Å²) in [5, 5.41) is 24.4. The van der Waals surface area contributed by atoms with Crippen molar-refractivity contribution in [3.63, 3.8) is 0 Å². The average Bonchev–Trinajstić information content (AvgIpc) is 2.92. The molecule has 0 unspecified atom stereocenters. The standard InChI is InChI=1S/C9H12N6O2S/c1-14-5-7(4-10-14)2-3-15-9(11-12-13-15)18-6-8(16)17/h4-5H,2-3,6H2,1H3,(H,16,17). The van der Waals surface area contributed by atoms with Crippen LogP contribution in [-0.2, 0) is 24.8 Å². The summed E-state index contributed by atoms with van der Waals surface area (Å²) in [6.07, 6.45) is 4.46. The second kappa shape index (κ2) is 5.63. The number of hydrogen-bond acceptors (Lipinski definition) is 6. The Kier molecular flexibility index (Phi) is 3.92. The molecule has 2 aromatic heterocycles. The molecule has 0 spiro atoms. The zero-order chi connectivity index (χ0) is 13.0. The van der Waals surface area contributed by atoms with Crippen molar-refractivity contribution >= 4 is 17.7 Å². The largest absolute Gasteiger partial charge is 0.481 e. The molecule has 2 heterocycles. The molecule has 2 rings (SSSR count). The van der Waals surface area contributed by atoms with Crippen LogP contribution >= 0.6 is 11.8 Å². The van der Waals surface area contributed by atoms with Gasteiger partial charge in [0.2, 0.25) is 5.16 Å². The zero-order valence-electron chi connectivity index (χ0n) is 9.72. The first-order valence-corrected chi connectivity index (χ1v) is 6.22. The number of aryl methyl sites for hydroxylation is 3. The molecule has 0 bridgehead atoms. The first-order valence-electron chi connectivity index (χ1n) is 5.23. The number of carboxylic acids is 1. The van der Waals surface area contributed by atoms with Gasteiger partial charge in [0.1, 0.15) is 0 Å². The van der Waals surface area contributed by atoms with E-state index < -0.39 is 5.97 Å². The monoisotopic (exact) mass is 268 g/mol. The predicted molar refractivity (Wildman–Crippen MR) is 63.1 cm³/mol. The second-order valence-corrected chi connectivity index (χ2v) is 4.58. The number of aliphatic carboxylic acids is 1. The average molecular weight is 268 g/mol. The number of aromatic nitrogens is 6. The van der Waals surface area contributed by atoms with E-state index in [9.17, 15) is 4.79 Å². The van der Waals surface area contributed by atoms with E-state index in [2.05, 4.69) is 20.6 Å². The second-order valence-electron chi connectivity index (χ2n) is 3.64. The van der Waals surface area contributed by atoms with Crippen LogP contribution in [0.25, 0.3) is 0 Å². The van der Waals surface area contributed by atoms with Crippen LogP contribution in [-0.4, -0.2) is 46.8 Å². The summed E-state index contributed by atoms with van der Waals surface area (Å²) in [4.78, 5) is 10.5. The Balaban J connectivity index is 1.93. The van der Waals surface area contributed by atoms with E-state index in [1.807, 2.05) is 13.2 Å². The fraction of sp³-hybridized carbons (Fsp3) is 0.444. The van der Waals surface area contributed by atoms with Crippen molar-refractivity contribution in [2.24, 2.45) is 7.05 Å². The van der Waals surface area contributed by atoms with Crippen LogP contribution in [0.5, 0.6) is 0 Å². The van der Waals surface area contributed by atoms with Crippen LogP contribution < -0.4 is 0 Å². The molecule has 2 aromatic rings. The van der Waals surface area contributed by atoms with Crippen molar-refractivity contribution in [3.05, 3.63) is 18.0 Å². The van der Waals surface area contributed by atoms with Crippen molar-refractivity contribution in [2.45, 2.75) is 18.1 Å². The Bertz CT molecular complexity index is 537. The molecule has 0 radical (unpaired) electrons. The van der Waals surface area contributed by atoms with Gasteiger partial charge >= 0.3 is 5.97 Å². The number of carboxylic acid groups (broad SMARTS) is 1. The third kappa shape index (κ3) is 3.29. The molecular weight excluding hydrogens is 256 g/mol. The summed E-state index contributed by atoms with van der Waals surface area (Å²) < 4.78 is 3.33. The van der Waals surface area contributed by atoms with Gasteiger partial charge < -0.3 is 5.11 Å². The number of tetrazole rings is 1. The third-order valence-corrected chi connectivity index (χ3v) is 3.14. The fourth-order valence-corrected chi connectivity index (χ4v) is 2.03. The molecule has 0 atom stereocenters. The summed E-state index contributed by atoms with van der Waals surface area (Å²) in [5.74, 6) is -0.936. The quantitative estimate of drug-likeness (QED) is 0.726. The van der Waals surface area contributed by atoms with Crippen molar-refractivity contribution in [2.75, 3.05) is 5.75 Å². The van der Waals surface area contributed by atoms with Gasteiger partial charge in [0.25, 0.3) is 0 Å². The Morgan fingerprint density at radius 2 is 2.39 bits per heavy atom. The summed E-state index contributed by atoms with van der Waals surface area (Å²) >= 11 is 1.11. The molecule has 0 fully saturated rings. The number of carbonyl (C=O) groups is 1. The number of rotatable bonds is 6. The van der Waals surface area contributed by atoms with Crippen molar-refractivity contribution in [3.8, 4) is 0 Å². The fourth-order valence-electron chi connectivity index (χ4n) is 1.40. The van der Waals surface area contributed by atoms with E-state index in [0.717, 1.165) is 23.7 Å². The minimum Gasteiger partial charge on any atom is -0.481 e. The van der Waals surface area contributed by atoms with Gasteiger partial charge in [-0.1, -0.05) is 11.8 Å². The molecule has 0 aliphatic carbocycles. The van der Waals surface area contributed by atoms with E-state index in [4.69, 9.17) is 5.11 Å². The molecule has 0 aliphatic heterocycles. The molecule has 0 saturated carbocycles. The van der Waals surface area contributed by atoms with Gasteiger partial charge in [0.15, 0.2) is 0 Å². The lowest BCUT2D eigenvalue weighted by molar-refractivity contribution is -0.133. The maximum atomic E-state index is 10.5. The van der Waals surface area contributed by atoms with Gasteiger partial charge in [-0.3, -0.25) is 9.48 Å². The highest BCUT2D eigenvalue weighted by molar-refractivity contribution is 7.99. The minimum absolute atomic E-state index is 0.0483. The summed E-state index contributed by atoms with van der Waals surface area (Å²) in [7, 11) is 1.86. The van der Waals surface area contributed by atoms with Gasteiger partial charge in [-0.05, 0) is 22.4 Å². The van der Waals surface area contributed by atoms with Gasteiger partial charge in [-0.2, -0.15) is 5.10 Å². The van der Waals surface area contributed by atoms with Crippen LogP contribution in [0, 0.1) is 0 Å². The maximum Gasteiger partial charge on any atom is 0.313 e. The van der Waals surface area contributed by atoms with Crippen molar-refractivity contribution < 1.29 is 9.90 Å². The Morgan fingerprint density at radius 3 is 3.06 bits per heavy atom. The van der Waals surface area contributed by atoms with Crippen LogP contribution in [0.15, 0.2) is 17.6 Å². The van der Waals surface area contributed by atoms with Gasteiger partial charge in [0.05, 0.1) is 11.9 Å². The summed E-state index contributed by atoms with van der Waals surface area (Å²) in [5.41, 5.74) is 1.09. The number of thioether (sulfide) groups is 1. The molecule has 96 valence electrons. The van der Waals surface area contributed by atoms with Crippen LogP contribution in [0.2, 0.25) is 0 Å². The van der Waals surface area contributed by atoms with Gasteiger partial charge in [-0.25, -0.2) is 4.68 Å². The normalized spacial score (nSPS) is 10.7. The molecule has 1 N–H and O–H groups in total. The van der Waals surface area contributed by atoms with E-state index in [1.54, 1.807) is 15.6 Å². The van der Waals surface area contributed by atoms with Crippen molar-refractivity contribution in [1.82, 2.24) is 30.0 Å². The topological polar surface area (TPSA) is 98.7 Å². The molecule has 0 aromatic carbocycles. The lowest BCUT2D eigenvalue weighted by Gasteiger charge is -2.01. The Hall–Kier alpha value is -1.90. The smallest absolute Gasteiger partial charge is 0.313 e. The zero-order valence-corrected chi connectivity index (χ0v) is 10.5. The first-order chi connectivity index (χ1) is 8.65. The van der Waals surface area contributed by atoms with E-state index in [0.29, 0.717) is 11.7 Å². The molecular formula is C9H12N6O2S. The molecule has 18 heavy (non-hydrogen) atoms. The first kappa shape index (κ1) is 12.6. The van der Waals surface area contributed by atoms with Gasteiger partial charge in [-0.15, -0.1) is 5.10 Å². The lowest BCUT2D eigenvalue weighted by Crippen LogP contribution is -2.06. The Morgan fingerprint density at radius 1 is 1.56 bits per heavy atom. The maximum absolute atomic E-state index is 10.5. The lowest BCUT2D eigenvalue weighted by atomic mass is 10.2. The van der Waals surface area contributed by atoms with E-state index >= 15 is 0 Å². The molecule has 0 aliphatic rings. The highest BCUT2D eigenvalue weighted by Crippen LogP contribution is 2.13. The number of hydrogen-bond donors (Lipinski definition) is 1. The summed E-state index contributed by atoms with van der Waals surface area (Å²) in [6, 6.07) is 0. The predicted octanol–water partition coefficient (Wildman–Crippen LogP) is -0.174. The van der Waals surface area contributed by atoms with E-state index in [-0.39, 0.29) is 5.75 Å². The van der Waals surface area contributed by atoms with Crippen LogP contribution in [0.4, 0.5) is 0 Å². The Labute approximate surface area is 107 Å². The highest BCUT2D eigenvalue weighted by atomic mass is 32.2. The van der Waals surface area contributed by atoms with Crippen molar-refractivity contribution in [1.29, 1.82) is 0 Å². The van der Waals surface area contributed by atoms with E-state index in [1.165, 1.54) is 0 Å². The van der Waals surface area contributed by atoms with Gasteiger partial charge in [0, 0.05) is 19.8 Å².